The number of carbonyl (C=O) groups excluding carboxylic acids is 1. The van der Waals surface area contributed by atoms with Gasteiger partial charge in [0.05, 0.1) is 17.1 Å². The normalized spacial score (nSPS) is 11.2. The maximum atomic E-state index is 12.2. The molecule has 0 fully saturated rings. The first-order chi connectivity index (χ1) is 11.5. The lowest BCUT2D eigenvalue weighted by molar-refractivity contribution is -0.147. The Morgan fingerprint density at radius 2 is 1.92 bits per heavy atom. The zero-order chi connectivity index (χ0) is 17.3. The van der Waals surface area contributed by atoms with Crippen LogP contribution in [0.2, 0.25) is 0 Å². The monoisotopic (exact) mass is 322 g/mol. The first kappa shape index (κ1) is 16.2. The van der Waals surface area contributed by atoms with E-state index in [9.17, 15) is 4.79 Å². The van der Waals surface area contributed by atoms with Crippen molar-refractivity contribution in [1.29, 1.82) is 0 Å². The van der Waals surface area contributed by atoms with Gasteiger partial charge in [-0.15, -0.1) is 0 Å². The second-order valence-electron chi connectivity index (χ2n) is 6.37. The average Bonchev–Trinajstić information content (AvgIpc) is 2.85. The minimum atomic E-state index is -0.251. The molecule has 0 spiro atoms. The molecule has 0 bridgehead atoms. The summed E-state index contributed by atoms with van der Waals surface area (Å²) in [6, 6.07) is 14.1. The van der Waals surface area contributed by atoms with Gasteiger partial charge in [0.2, 0.25) is 0 Å². The van der Waals surface area contributed by atoms with Crippen LogP contribution in [0.15, 0.2) is 42.5 Å². The second-order valence-corrected chi connectivity index (χ2v) is 6.37. The number of carbonyl (C=O) groups is 1. The fourth-order valence-corrected chi connectivity index (χ4v) is 2.93. The van der Waals surface area contributed by atoms with E-state index in [1.54, 1.807) is 0 Å². The van der Waals surface area contributed by atoms with Gasteiger partial charge in [-0.2, -0.15) is 0 Å². The van der Waals surface area contributed by atoms with Crippen molar-refractivity contribution in [2.45, 2.75) is 40.3 Å². The van der Waals surface area contributed by atoms with Gasteiger partial charge in [0.15, 0.2) is 0 Å². The van der Waals surface area contributed by atoms with E-state index in [4.69, 9.17) is 9.72 Å². The minimum Gasteiger partial charge on any atom is -0.462 e. The number of aromatic nitrogens is 2. The number of benzene rings is 2. The second kappa shape index (κ2) is 6.48. The topological polar surface area (TPSA) is 44.1 Å². The number of hydrogen-bond acceptors (Lipinski definition) is 3. The lowest BCUT2D eigenvalue weighted by Crippen LogP contribution is -2.18. The first-order valence-corrected chi connectivity index (χ1v) is 8.18. The van der Waals surface area contributed by atoms with Gasteiger partial charge in [0.25, 0.3) is 0 Å². The van der Waals surface area contributed by atoms with Crippen LogP contribution in [0, 0.1) is 13.8 Å². The molecule has 4 heteroatoms. The van der Waals surface area contributed by atoms with Crippen molar-refractivity contribution >= 4 is 17.0 Å². The molecule has 0 aliphatic heterocycles. The molecule has 0 aliphatic rings. The number of para-hydroxylation sites is 2. The highest BCUT2D eigenvalue weighted by molar-refractivity contribution is 5.83. The fraction of sp³-hybridized carbons (Fsp3) is 0.300. The van der Waals surface area contributed by atoms with Gasteiger partial charge in [0, 0.05) is 5.56 Å². The van der Waals surface area contributed by atoms with Crippen molar-refractivity contribution in [2.75, 3.05) is 0 Å². The maximum Gasteiger partial charge on any atom is 0.326 e. The summed E-state index contributed by atoms with van der Waals surface area (Å²) in [4.78, 5) is 17.0. The maximum absolute atomic E-state index is 12.2. The standard InChI is InChI=1S/C20H22N2O2/c1-13(2)24-19(23)12-22-18-8-6-5-7-17(18)21-20(22)16-10-9-14(3)11-15(16)4/h5-11,13H,12H2,1-4H3. The van der Waals surface area contributed by atoms with Crippen LogP contribution in [0.3, 0.4) is 0 Å². The largest absolute Gasteiger partial charge is 0.462 e. The zero-order valence-electron chi connectivity index (χ0n) is 14.5. The third-order valence-corrected chi connectivity index (χ3v) is 3.93. The third-order valence-electron chi connectivity index (χ3n) is 3.93. The third kappa shape index (κ3) is 3.18. The lowest BCUT2D eigenvalue weighted by Gasteiger charge is -2.13. The van der Waals surface area contributed by atoms with Crippen LogP contribution in [0.1, 0.15) is 25.0 Å². The molecular weight excluding hydrogens is 300 g/mol. The Labute approximate surface area is 142 Å². The van der Waals surface area contributed by atoms with Gasteiger partial charge in [-0.1, -0.05) is 35.9 Å². The summed E-state index contributed by atoms with van der Waals surface area (Å²) in [7, 11) is 0. The highest BCUT2D eigenvalue weighted by Gasteiger charge is 2.17. The van der Waals surface area contributed by atoms with Crippen LogP contribution in [0.25, 0.3) is 22.4 Å². The van der Waals surface area contributed by atoms with E-state index in [0.29, 0.717) is 0 Å². The number of ether oxygens (including phenoxy) is 1. The van der Waals surface area contributed by atoms with Gasteiger partial charge in [-0.25, -0.2) is 4.98 Å². The van der Waals surface area contributed by atoms with Crippen molar-refractivity contribution in [1.82, 2.24) is 9.55 Å². The molecule has 24 heavy (non-hydrogen) atoms. The van der Waals surface area contributed by atoms with E-state index in [1.807, 2.05) is 42.7 Å². The Morgan fingerprint density at radius 3 is 2.62 bits per heavy atom. The fourth-order valence-electron chi connectivity index (χ4n) is 2.93. The van der Waals surface area contributed by atoms with Gasteiger partial charge in [-0.3, -0.25) is 4.79 Å². The molecule has 0 saturated carbocycles. The Morgan fingerprint density at radius 1 is 1.17 bits per heavy atom. The molecule has 2 aromatic carbocycles. The molecule has 0 atom stereocenters. The van der Waals surface area contributed by atoms with Gasteiger partial charge in [0.1, 0.15) is 12.4 Å². The number of rotatable bonds is 4. The SMILES string of the molecule is Cc1ccc(-c2nc3ccccc3n2CC(=O)OC(C)C)c(C)c1. The summed E-state index contributed by atoms with van der Waals surface area (Å²) in [6.07, 6.45) is -0.128. The van der Waals surface area contributed by atoms with Crippen LogP contribution < -0.4 is 0 Å². The molecule has 1 heterocycles. The molecule has 0 aliphatic carbocycles. The number of imidazole rings is 1. The summed E-state index contributed by atoms with van der Waals surface area (Å²) in [6.45, 7) is 8.00. The summed E-state index contributed by atoms with van der Waals surface area (Å²) in [5.41, 5.74) is 5.20. The Kier molecular flexibility index (Phi) is 4.38. The van der Waals surface area contributed by atoms with Crippen molar-refractivity contribution in [3.8, 4) is 11.4 Å². The highest BCUT2D eigenvalue weighted by Crippen LogP contribution is 2.28. The number of aryl methyl sites for hydroxylation is 2. The predicted molar refractivity (Wildman–Crippen MR) is 95.9 cm³/mol. The van der Waals surface area contributed by atoms with Crippen LogP contribution >= 0.6 is 0 Å². The molecule has 4 nitrogen and oxygen atoms in total. The van der Waals surface area contributed by atoms with Crippen LogP contribution in [0.4, 0.5) is 0 Å². The Bertz CT molecular complexity index is 894. The molecule has 3 aromatic rings. The molecule has 1 aromatic heterocycles. The van der Waals surface area contributed by atoms with Gasteiger partial charge in [-0.05, 0) is 45.4 Å². The first-order valence-electron chi connectivity index (χ1n) is 8.18. The molecule has 124 valence electrons. The zero-order valence-corrected chi connectivity index (χ0v) is 14.5. The summed E-state index contributed by atoms with van der Waals surface area (Å²) in [5.74, 6) is 0.550. The lowest BCUT2D eigenvalue weighted by atomic mass is 10.1. The Balaban J connectivity index is 2.13. The van der Waals surface area contributed by atoms with Crippen LogP contribution in [0.5, 0.6) is 0 Å². The predicted octanol–water partition coefficient (Wildman–Crippen LogP) is 4.27. The van der Waals surface area contributed by atoms with Crippen molar-refractivity contribution in [3.63, 3.8) is 0 Å². The molecule has 0 saturated heterocycles. The van der Waals surface area contributed by atoms with Crippen LogP contribution in [-0.4, -0.2) is 21.6 Å². The number of fused-ring (bicyclic) bond motifs is 1. The highest BCUT2D eigenvalue weighted by atomic mass is 16.5. The summed E-state index contributed by atoms with van der Waals surface area (Å²) < 4.78 is 7.27. The molecule has 3 rings (SSSR count). The molecule has 0 amide bonds. The van der Waals surface area contributed by atoms with E-state index in [0.717, 1.165) is 28.0 Å². The average molecular weight is 322 g/mol. The minimum absolute atomic E-state index is 0.128. The molecule has 0 radical (unpaired) electrons. The van der Waals surface area contributed by atoms with Gasteiger partial charge >= 0.3 is 5.97 Å². The van der Waals surface area contributed by atoms with E-state index in [1.165, 1.54) is 5.56 Å². The van der Waals surface area contributed by atoms with E-state index < -0.39 is 0 Å². The quantitative estimate of drug-likeness (QED) is 0.674. The van der Waals surface area contributed by atoms with E-state index in [2.05, 4.69) is 32.0 Å². The number of hydrogen-bond donors (Lipinski definition) is 0. The molecule has 0 unspecified atom stereocenters. The summed E-state index contributed by atoms with van der Waals surface area (Å²) in [5, 5.41) is 0. The van der Waals surface area contributed by atoms with Crippen molar-refractivity contribution in [2.24, 2.45) is 0 Å². The Hall–Kier alpha value is -2.62. The van der Waals surface area contributed by atoms with Crippen molar-refractivity contribution < 1.29 is 9.53 Å². The number of esters is 1. The van der Waals surface area contributed by atoms with Crippen molar-refractivity contribution in [3.05, 3.63) is 53.6 Å². The number of nitrogens with zero attached hydrogens (tertiary/aromatic N) is 2. The van der Waals surface area contributed by atoms with Crippen LogP contribution in [-0.2, 0) is 16.1 Å². The summed E-state index contributed by atoms with van der Waals surface area (Å²) >= 11 is 0. The smallest absolute Gasteiger partial charge is 0.326 e. The van der Waals surface area contributed by atoms with E-state index >= 15 is 0 Å². The van der Waals surface area contributed by atoms with Gasteiger partial charge < -0.3 is 9.30 Å². The molecule has 0 N–H and O–H groups in total. The van der Waals surface area contributed by atoms with E-state index in [-0.39, 0.29) is 18.6 Å². The molecular formula is C20H22N2O2.